The van der Waals surface area contributed by atoms with Gasteiger partial charge in [-0.05, 0) is 31.6 Å². The Bertz CT molecular complexity index is 431. The Labute approximate surface area is 120 Å². The maximum Gasteiger partial charge on any atom is 0.317 e. The lowest BCUT2D eigenvalue weighted by Crippen LogP contribution is -2.40. The highest BCUT2D eigenvalue weighted by atomic mass is 16.4. The Kier molecular flexibility index (Phi) is 5.44. The Morgan fingerprint density at radius 2 is 2.35 bits per heavy atom. The highest BCUT2D eigenvalue weighted by molar-refractivity contribution is 5.74. The van der Waals surface area contributed by atoms with Gasteiger partial charge in [-0.15, -0.1) is 0 Å². The van der Waals surface area contributed by atoms with Gasteiger partial charge in [0.2, 0.25) is 0 Å². The lowest BCUT2D eigenvalue weighted by Gasteiger charge is -2.20. The molecule has 1 saturated heterocycles. The van der Waals surface area contributed by atoms with Crippen LogP contribution in [0.4, 0.5) is 4.79 Å². The van der Waals surface area contributed by atoms with Crippen LogP contribution in [-0.2, 0) is 13.0 Å². The molecule has 1 fully saturated rings. The summed E-state index contributed by atoms with van der Waals surface area (Å²) in [6, 6.07) is 0.00698. The van der Waals surface area contributed by atoms with Gasteiger partial charge in [0.15, 0.2) is 5.89 Å². The summed E-state index contributed by atoms with van der Waals surface area (Å²) in [5.74, 6) is 2.20. The van der Waals surface area contributed by atoms with E-state index < -0.39 is 0 Å². The molecule has 1 aromatic rings. The van der Waals surface area contributed by atoms with Crippen molar-refractivity contribution in [1.29, 1.82) is 0 Å². The molecule has 0 aliphatic carbocycles. The Morgan fingerprint density at radius 1 is 1.50 bits per heavy atom. The zero-order chi connectivity index (χ0) is 14.4. The second-order valence-electron chi connectivity index (χ2n) is 5.65. The SMILES string of the molecule is CCCc1ncc(CNC(=O)N2CCCC(C)CC2)o1. The number of nitrogens with zero attached hydrogens (tertiary/aromatic N) is 2. The van der Waals surface area contributed by atoms with E-state index in [1.54, 1.807) is 6.20 Å². The standard InChI is InChI=1S/C15H25N3O2/c1-3-5-14-16-10-13(20-14)11-17-15(19)18-8-4-6-12(2)7-9-18/h10,12H,3-9,11H2,1-2H3,(H,17,19). The average molecular weight is 279 g/mol. The minimum absolute atomic E-state index is 0.00698. The molecule has 1 N–H and O–H groups in total. The summed E-state index contributed by atoms with van der Waals surface area (Å²) >= 11 is 0. The van der Waals surface area contributed by atoms with Gasteiger partial charge in [-0.1, -0.05) is 13.8 Å². The molecule has 112 valence electrons. The number of carbonyl (C=O) groups is 1. The number of aromatic nitrogens is 1. The fourth-order valence-electron chi connectivity index (χ4n) is 2.50. The number of rotatable bonds is 4. The van der Waals surface area contributed by atoms with Crippen LogP contribution in [0.25, 0.3) is 0 Å². The van der Waals surface area contributed by atoms with Gasteiger partial charge < -0.3 is 14.6 Å². The number of nitrogens with one attached hydrogen (secondary N) is 1. The first-order valence-corrected chi connectivity index (χ1v) is 7.65. The first-order valence-electron chi connectivity index (χ1n) is 7.65. The van der Waals surface area contributed by atoms with Crippen molar-refractivity contribution in [2.75, 3.05) is 13.1 Å². The molecule has 0 saturated carbocycles. The molecule has 0 spiro atoms. The van der Waals surface area contributed by atoms with Crippen LogP contribution in [-0.4, -0.2) is 29.0 Å². The highest BCUT2D eigenvalue weighted by Gasteiger charge is 2.18. The van der Waals surface area contributed by atoms with Crippen molar-refractivity contribution in [2.45, 2.75) is 52.5 Å². The maximum absolute atomic E-state index is 12.1. The molecule has 2 amide bonds. The molecule has 1 aliphatic heterocycles. The number of hydrogen-bond acceptors (Lipinski definition) is 3. The van der Waals surface area contributed by atoms with Crippen LogP contribution in [0.2, 0.25) is 0 Å². The topological polar surface area (TPSA) is 58.4 Å². The van der Waals surface area contributed by atoms with Crippen LogP contribution in [0, 0.1) is 5.92 Å². The van der Waals surface area contributed by atoms with Crippen molar-refractivity contribution in [3.63, 3.8) is 0 Å². The molecule has 1 aliphatic rings. The van der Waals surface area contributed by atoms with Crippen molar-refractivity contribution in [3.8, 4) is 0 Å². The molecule has 1 aromatic heterocycles. The number of hydrogen-bond donors (Lipinski definition) is 1. The third kappa shape index (κ3) is 4.25. The monoisotopic (exact) mass is 279 g/mol. The van der Waals surface area contributed by atoms with Gasteiger partial charge in [0, 0.05) is 19.5 Å². The van der Waals surface area contributed by atoms with E-state index in [2.05, 4.69) is 24.1 Å². The second kappa shape index (κ2) is 7.31. The number of likely N-dealkylation sites (tertiary alicyclic amines) is 1. The number of amides is 2. The van der Waals surface area contributed by atoms with Crippen LogP contribution in [0.5, 0.6) is 0 Å². The van der Waals surface area contributed by atoms with Gasteiger partial charge >= 0.3 is 6.03 Å². The molecule has 0 radical (unpaired) electrons. The molecule has 5 heteroatoms. The molecule has 5 nitrogen and oxygen atoms in total. The largest absolute Gasteiger partial charge is 0.444 e. The summed E-state index contributed by atoms with van der Waals surface area (Å²) in [5, 5.41) is 2.92. The van der Waals surface area contributed by atoms with Gasteiger partial charge in [0.25, 0.3) is 0 Å². The molecule has 0 bridgehead atoms. The van der Waals surface area contributed by atoms with Crippen molar-refractivity contribution in [2.24, 2.45) is 5.92 Å². The van der Waals surface area contributed by atoms with E-state index in [4.69, 9.17) is 4.42 Å². The van der Waals surface area contributed by atoms with E-state index in [-0.39, 0.29) is 6.03 Å². The Hall–Kier alpha value is -1.52. The van der Waals surface area contributed by atoms with Gasteiger partial charge in [0.05, 0.1) is 12.7 Å². The zero-order valence-corrected chi connectivity index (χ0v) is 12.5. The molecule has 20 heavy (non-hydrogen) atoms. The lowest BCUT2D eigenvalue weighted by molar-refractivity contribution is 0.198. The summed E-state index contributed by atoms with van der Waals surface area (Å²) in [6.07, 6.45) is 6.96. The van der Waals surface area contributed by atoms with Crippen LogP contribution in [0.1, 0.15) is 51.2 Å². The Morgan fingerprint density at radius 3 is 3.15 bits per heavy atom. The number of oxazole rings is 1. The molecular formula is C15H25N3O2. The summed E-state index contributed by atoms with van der Waals surface area (Å²) < 4.78 is 5.56. The Balaban J connectivity index is 1.78. The van der Waals surface area contributed by atoms with Crippen LogP contribution in [0.15, 0.2) is 10.6 Å². The number of aryl methyl sites for hydroxylation is 1. The fraction of sp³-hybridized carbons (Fsp3) is 0.733. The van der Waals surface area contributed by atoms with Gasteiger partial charge in [-0.3, -0.25) is 0 Å². The second-order valence-corrected chi connectivity index (χ2v) is 5.65. The van der Waals surface area contributed by atoms with E-state index in [0.717, 1.165) is 56.3 Å². The van der Waals surface area contributed by atoms with E-state index >= 15 is 0 Å². The highest BCUT2D eigenvalue weighted by Crippen LogP contribution is 2.16. The van der Waals surface area contributed by atoms with Crippen molar-refractivity contribution in [1.82, 2.24) is 15.2 Å². The molecular weight excluding hydrogens is 254 g/mol. The van der Waals surface area contributed by atoms with E-state index in [1.807, 2.05) is 4.90 Å². The van der Waals surface area contributed by atoms with Crippen LogP contribution in [0.3, 0.4) is 0 Å². The summed E-state index contributed by atoms with van der Waals surface area (Å²) in [5.41, 5.74) is 0. The molecule has 1 unspecified atom stereocenters. The molecule has 2 heterocycles. The molecule has 0 aromatic carbocycles. The third-order valence-corrected chi connectivity index (χ3v) is 3.78. The van der Waals surface area contributed by atoms with Crippen LogP contribution < -0.4 is 5.32 Å². The third-order valence-electron chi connectivity index (χ3n) is 3.78. The van der Waals surface area contributed by atoms with Crippen molar-refractivity contribution < 1.29 is 9.21 Å². The zero-order valence-electron chi connectivity index (χ0n) is 12.5. The lowest BCUT2D eigenvalue weighted by atomic mass is 10.0. The maximum atomic E-state index is 12.1. The van der Waals surface area contributed by atoms with E-state index in [9.17, 15) is 4.79 Å². The molecule has 2 rings (SSSR count). The first-order chi connectivity index (χ1) is 9.69. The fourth-order valence-corrected chi connectivity index (χ4v) is 2.50. The van der Waals surface area contributed by atoms with Crippen molar-refractivity contribution >= 4 is 6.03 Å². The van der Waals surface area contributed by atoms with E-state index in [0.29, 0.717) is 6.54 Å². The normalized spacial score (nSPS) is 19.7. The quantitative estimate of drug-likeness (QED) is 0.921. The van der Waals surface area contributed by atoms with Gasteiger partial charge in [-0.2, -0.15) is 0 Å². The smallest absolute Gasteiger partial charge is 0.317 e. The first kappa shape index (κ1) is 14.9. The van der Waals surface area contributed by atoms with Crippen molar-refractivity contribution in [3.05, 3.63) is 17.8 Å². The number of carbonyl (C=O) groups excluding carboxylic acids is 1. The van der Waals surface area contributed by atoms with E-state index in [1.165, 1.54) is 6.42 Å². The summed E-state index contributed by atoms with van der Waals surface area (Å²) in [6.45, 7) is 6.47. The van der Waals surface area contributed by atoms with Crippen LogP contribution >= 0.6 is 0 Å². The predicted octanol–water partition coefficient (Wildman–Crippen LogP) is 2.96. The summed E-state index contributed by atoms with van der Waals surface area (Å²) in [4.78, 5) is 18.2. The molecule has 1 atom stereocenters. The minimum Gasteiger partial charge on any atom is -0.444 e. The number of urea groups is 1. The predicted molar refractivity (Wildman–Crippen MR) is 77.3 cm³/mol. The van der Waals surface area contributed by atoms with Gasteiger partial charge in [-0.25, -0.2) is 9.78 Å². The summed E-state index contributed by atoms with van der Waals surface area (Å²) in [7, 11) is 0. The average Bonchev–Trinajstić information content (AvgIpc) is 2.76. The minimum atomic E-state index is 0.00698. The van der Waals surface area contributed by atoms with Gasteiger partial charge in [0.1, 0.15) is 5.76 Å².